The van der Waals surface area contributed by atoms with Gasteiger partial charge in [-0.2, -0.15) is 0 Å². The van der Waals surface area contributed by atoms with E-state index in [1.165, 1.54) is 64.2 Å². The summed E-state index contributed by atoms with van der Waals surface area (Å²) >= 11 is 0. The van der Waals surface area contributed by atoms with E-state index in [0.29, 0.717) is 0 Å². The number of rotatable bonds is 1. The number of hydrogen-bond acceptors (Lipinski definition) is 1. The van der Waals surface area contributed by atoms with E-state index in [4.69, 9.17) is 5.73 Å². The van der Waals surface area contributed by atoms with Crippen LogP contribution in [0.15, 0.2) is 12.2 Å². The number of allylic oxidation sites excluding steroid dienone is 2. The van der Waals surface area contributed by atoms with Crippen LogP contribution in [0.2, 0.25) is 0 Å². The Bertz CT molecular complexity index is 226. The molecule has 1 heteroatoms. The summed E-state index contributed by atoms with van der Waals surface area (Å²) in [5.41, 5.74) is 5.99. The van der Waals surface area contributed by atoms with E-state index in [1.54, 1.807) is 0 Å². The van der Waals surface area contributed by atoms with Crippen LogP contribution in [0.25, 0.3) is 0 Å². The first-order valence-electron chi connectivity index (χ1n) is 7.75. The Labute approximate surface area is 107 Å². The fourth-order valence-electron chi connectivity index (χ4n) is 3.69. The van der Waals surface area contributed by atoms with E-state index in [0.717, 1.165) is 24.3 Å². The first-order chi connectivity index (χ1) is 8.40. The molecule has 1 atom stereocenters. The van der Waals surface area contributed by atoms with Crippen LogP contribution in [0.4, 0.5) is 0 Å². The highest BCUT2D eigenvalue weighted by molar-refractivity contribution is 4.87. The van der Waals surface area contributed by atoms with Gasteiger partial charge in [0.05, 0.1) is 0 Å². The van der Waals surface area contributed by atoms with Crippen molar-refractivity contribution in [1.29, 1.82) is 0 Å². The maximum atomic E-state index is 5.99. The molecule has 0 saturated heterocycles. The summed E-state index contributed by atoms with van der Waals surface area (Å²) in [5, 5.41) is 0. The zero-order valence-electron chi connectivity index (χ0n) is 11.2. The summed E-state index contributed by atoms with van der Waals surface area (Å²) < 4.78 is 0. The molecule has 0 aromatic carbocycles. The van der Waals surface area contributed by atoms with E-state index in [-0.39, 0.29) is 0 Å². The van der Waals surface area contributed by atoms with Crippen molar-refractivity contribution in [2.24, 2.45) is 23.5 Å². The van der Waals surface area contributed by atoms with Gasteiger partial charge in [0, 0.05) is 0 Å². The van der Waals surface area contributed by atoms with Crippen molar-refractivity contribution in [2.45, 2.75) is 64.2 Å². The van der Waals surface area contributed by atoms with Gasteiger partial charge in [0.15, 0.2) is 0 Å². The first-order valence-corrected chi connectivity index (χ1v) is 7.75. The average molecular weight is 235 g/mol. The molecular formula is C16H29N. The molecule has 0 aliphatic heterocycles. The summed E-state index contributed by atoms with van der Waals surface area (Å²) in [6.07, 6.45) is 18.8. The molecule has 1 unspecified atom stereocenters. The highest BCUT2D eigenvalue weighted by atomic mass is 14.6. The Morgan fingerprint density at radius 1 is 0.882 bits per heavy atom. The molecule has 1 nitrogen and oxygen atoms in total. The lowest BCUT2D eigenvalue weighted by Gasteiger charge is -2.33. The zero-order chi connectivity index (χ0) is 11.9. The van der Waals surface area contributed by atoms with Gasteiger partial charge in [-0.3, -0.25) is 0 Å². The van der Waals surface area contributed by atoms with Crippen LogP contribution >= 0.6 is 0 Å². The van der Waals surface area contributed by atoms with E-state index in [9.17, 15) is 0 Å². The predicted molar refractivity (Wildman–Crippen MR) is 74.8 cm³/mol. The molecule has 17 heavy (non-hydrogen) atoms. The van der Waals surface area contributed by atoms with Gasteiger partial charge < -0.3 is 5.73 Å². The third-order valence-corrected chi connectivity index (χ3v) is 4.94. The van der Waals surface area contributed by atoms with E-state index < -0.39 is 0 Å². The largest absolute Gasteiger partial charge is 0.330 e. The molecule has 3 rings (SSSR count). The molecule has 3 aliphatic rings. The normalized spacial score (nSPS) is 37.8. The summed E-state index contributed by atoms with van der Waals surface area (Å²) in [7, 11) is 0. The van der Waals surface area contributed by atoms with Gasteiger partial charge in [0.25, 0.3) is 0 Å². The second kappa shape index (κ2) is 7.20. The predicted octanol–water partition coefficient (Wildman–Crippen LogP) is 4.28. The molecule has 0 aromatic heterocycles. The SMILES string of the molecule is NCC1CCCCC/C=C\CC2CCC1CC2. The second-order valence-electron chi connectivity index (χ2n) is 6.12. The van der Waals surface area contributed by atoms with Crippen LogP contribution in [-0.4, -0.2) is 6.54 Å². The lowest BCUT2D eigenvalue weighted by Crippen LogP contribution is -2.27. The second-order valence-corrected chi connectivity index (χ2v) is 6.12. The number of nitrogens with two attached hydrogens (primary N) is 1. The standard InChI is InChI=1S/C16H29N/c17-13-16-8-6-4-2-1-3-5-7-14-9-11-15(16)12-10-14/h3,5,14-16H,1-2,4,6-13,17H2/b5-3-. The van der Waals surface area contributed by atoms with E-state index >= 15 is 0 Å². The summed E-state index contributed by atoms with van der Waals surface area (Å²) in [6.45, 7) is 0.924. The summed E-state index contributed by atoms with van der Waals surface area (Å²) in [5.74, 6) is 2.74. The van der Waals surface area contributed by atoms with Gasteiger partial charge in [0.2, 0.25) is 0 Å². The van der Waals surface area contributed by atoms with Crippen molar-refractivity contribution in [3.05, 3.63) is 12.2 Å². The third kappa shape index (κ3) is 4.13. The monoisotopic (exact) mass is 235 g/mol. The average Bonchev–Trinajstić information content (AvgIpc) is 2.40. The lowest BCUT2D eigenvalue weighted by atomic mass is 9.73. The van der Waals surface area contributed by atoms with Gasteiger partial charge in [-0.25, -0.2) is 0 Å². The Hall–Kier alpha value is -0.300. The topological polar surface area (TPSA) is 26.0 Å². The van der Waals surface area contributed by atoms with Crippen molar-refractivity contribution in [3.8, 4) is 0 Å². The van der Waals surface area contributed by atoms with Crippen molar-refractivity contribution in [2.75, 3.05) is 6.54 Å². The van der Waals surface area contributed by atoms with Gasteiger partial charge >= 0.3 is 0 Å². The minimum Gasteiger partial charge on any atom is -0.330 e. The van der Waals surface area contributed by atoms with Crippen LogP contribution in [0.5, 0.6) is 0 Å². The fourth-order valence-corrected chi connectivity index (χ4v) is 3.69. The number of fused-ring (bicyclic) bond motifs is 9. The Kier molecular flexibility index (Phi) is 5.57. The molecule has 0 radical (unpaired) electrons. The molecule has 1 saturated carbocycles. The molecule has 0 amide bonds. The smallest absolute Gasteiger partial charge is 0.00462 e. The van der Waals surface area contributed by atoms with Crippen molar-refractivity contribution in [1.82, 2.24) is 0 Å². The zero-order valence-corrected chi connectivity index (χ0v) is 11.2. The van der Waals surface area contributed by atoms with Crippen LogP contribution < -0.4 is 5.73 Å². The van der Waals surface area contributed by atoms with Crippen molar-refractivity contribution >= 4 is 0 Å². The Balaban J connectivity index is 1.92. The van der Waals surface area contributed by atoms with Crippen LogP contribution in [-0.2, 0) is 0 Å². The first kappa shape index (κ1) is 13.1. The van der Waals surface area contributed by atoms with E-state index in [2.05, 4.69) is 12.2 Å². The van der Waals surface area contributed by atoms with Gasteiger partial charge in [-0.15, -0.1) is 0 Å². The van der Waals surface area contributed by atoms with Gasteiger partial charge in [-0.1, -0.05) is 25.0 Å². The minimum atomic E-state index is 0.824. The van der Waals surface area contributed by atoms with Crippen LogP contribution in [0.3, 0.4) is 0 Å². The highest BCUT2D eigenvalue weighted by Gasteiger charge is 2.26. The maximum Gasteiger partial charge on any atom is -0.00462 e. The lowest BCUT2D eigenvalue weighted by molar-refractivity contribution is 0.197. The minimum absolute atomic E-state index is 0.824. The maximum absolute atomic E-state index is 5.99. The van der Waals surface area contributed by atoms with Crippen molar-refractivity contribution < 1.29 is 0 Å². The van der Waals surface area contributed by atoms with Crippen LogP contribution in [0, 0.1) is 17.8 Å². The molecule has 0 aromatic rings. The summed E-state index contributed by atoms with van der Waals surface area (Å²) in [4.78, 5) is 0. The highest BCUT2D eigenvalue weighted by Crippen LogP contribution is 2.36. The molecular weight excluding hydrogens is 206 g/mol. The Morgan fingerprint density at radius 2 is 1.71 bits per heavy atom. The third-order valence-electron chi connectivity index (χ3n) is 4.94. The fraction of sp³-hybridized carbons (Fsp3) is 0.875. The molecule has 0 heterocycles. The van der Waals surface area contributed by atoms with Gasteiger partial charge in [-0.05, 0) is 75.7 Å². The van der Waals surface area contributed by atoms with Crippen molar-refractivity contribution in [3.63, 3.8) is 0 Å². The quantitative estimate of drug-likeness (QED) is 0.675. The molecule has 2 N–H and O–H groups in total. The molecule has 3 aliphatic carbocycles. The van der Waals surface area contributed by atoms with Gasteiger partial charge in [0.1, 0.15) is 0 Å². The van der Waals surface area contributed by atoms with Crippen LogP contribution in [0.1, 0.15) is 64.2 Å². The van der Waals surface area contributed by atoms with E-state index in [1.807, 2.05) is 0 Å². The Morgan fingerprint density at radius 3 is 2.47 bits per heavy atom. The molecule has 1 fully saturated rings. The summed E-state index contributed by atoms with van der Waals surface area (Å²) in [6, 6.07) is 0. The molecule has 98 valence electrons. The molecule has 0 spiro atoms. The molecule has 2 bridgehead atoms. The number of hydrogen-bond donors (Lipinski definition) is 1.